The molecule has 0 heterocycles. The molecule has 1 aromatic rings. The first-order valence-electron chi connectivity index (χ1n) is 2.74. The van der Waals surface area contributed by atoms with Crippen LogP contribution >= 0.6 is 23.2 Å². The molecule has 0 aromatic heterocycles. The second-order valence-electron chi connectivity index (χ2n) is 1.84. The largest absolute Gasteiger partial charge is 0.322 e. The minimum atomic E-state index is 0.529. The monoisotopic (exact) mass is 174 g/mol. The van der Waals surface area contributed by atoms with Crippen molar-refractivity contribution in [2.75, 3.05) is 0 Å². The van der Waals surface area contributed by atoms with Crippen LogP contribution in [0.1, 0.15) is 5.56 Å². The molecule has 0 aliphatic rings. The van der Waals surface area contributed by atoms with E-state index in [1.807, 2.05) is 0 Å². The number of rotatable bonds is 1. The highest BCUT2D eigenvalue weighted by Gasteiger charge is 1.96. The Hall–Kier alpha value is -0.240. The SMILES string of the molecule is N[CH]c1ccc(Cl)c(Cl)c1. The lowest BCUT2D eigenvalue weighted by molar-refractivity contribution is 1.35. The van der Waals surface area contributed by atoms with Crippen LogP contribution < -0.4 is 5.73 Å². The maximum absolute atomic E-state index is 5.69. The third kappa shape index (κ3) is 1.63. The summed E-state index contributed by atoms with van der Waals surface area (Å²) >= 11 is 11.3. The lowest BCUT2D eigenvalue weighted by Crippen LogP contribution is -1.91. The average Bonchev–Trinajstić information content (AvgIpc) is 1.95. The first-order valence-corrected chi connectivity index (χ1v) is 3.49. The summed E-state index contributed by atoms with van der Waals surface area (Å²) in [4.78, 5) is 0. The Kier molecular flexibility index (Phi) is 2.55. The quantitative estimate of drug-likeness (QED) is 0.696. The predicted octanol–water partition coefficient (Wildman–Crippen LogP) is 2.46. The van der Waals surface area contributed by atoms with Crippen molar-refractivity contribution in [3.63, 3.8) is 0 Å². The van der Waals surface area contributed by atoms with Gasteiger partial charge < -0.3 is 5.73 Å². The second-order valence-corrected chi connectivity index (χ2v) is 2.65. The van der Waals surface area contributed by atoms with E-state index in [-0.39, 0.29) is 0 Å². The summed E-state index contributed by atoms with van der Waals surface area (Å²) in [5, 5.41) is 1.08. The molecule has 0 aliphatic carbocycles. The van der Waals surface area contributed by atoms with E-state index in [0.29, 0.717) is 10.0 Å². The zero-order chi connectivity index (χ0) is 7.56. The van der Waals surface area contributed by atoms with Crippen molar-refractivity contribution in [1.82, 2.24) is 0 Å². The van der Waals surface area contributed by atoms with Crippen LogP contribution in [0.25, 0.3) is 0 Å². The summed E-state index contributed by atoms with van der Waals surface area (Å²) in [5.41, 5.74) is 6.11. The fraction of sp³-hybridized carbons (Fsp3) is 0. The molecule has 0 amide bonds. The van der Waals surface area contributed by atoms with Crippen LogP contribution in [0.4, 0.5) is 0 Å². The molecule has 0 saturated carbocycles. The van der Waals surface area contributed by atoms with Gasteiger partial charge in [0.25, 0.3) is 0 Å². The smallest absolute Gasteiger partial charge is 0.0595 e. The van der Waals surface area contributed by atoms with Crippen molar-refractivity contribution < 1.29 is 0 Å². The molecule has 53 valence electrons. The molecule has 3 heteroatoms. The third-order valence-corrected chi connectivity index (χ3v) is 1.88. The molecule has 1 radical (unpaired) electrons. The molecule has 0 atom stereocenters. The number of nitrogens with two attached hydrogens (primary N) is 1. The molecule has 0 aliphatic heterocycles. The van der Waals surface area contributed by atoms with Gasteiger partial charge in [0, 0.05) is 6.54 Å². The van der Waals surface area contributed by atoms with Crippen molar-refractivity contribution in [2.45, 2.75) is 0 Å². The first-order chi connectivity index (χ1) is 4.74. The number of hydrogen-bond acceptors (Lipinski definition) is 1. The summed E-state index contributed by atoms with van der Waals surface area (Å²) in [6, 6.07) is 5.22. The van der Waals surface area contributed by atoms with Crippen LogP contribution in [-0.2, 0) is 0 Å². The van der Waals surface area contributed by atoms with Crippen molar-refractivity contribution in [3.05, 3.63) is 40.4 Å². The van der Waals surface area contributed by atoms with Gasteiger partial charge in [-0.1, -0.05) is 29.3 Å². The zero-order valence-corrected chi connectivity index (χ0v) is 6.65. The Morgan fingerprint density at radius 3 is 2.40 bits per heavy atom. The van der Waals surface area contributed by atoms with Crippen LogP contribution in [0, 0.1) is 6.54 Å². The van der Waals surface area contributed by atoms with Crippen molar-refractivity contribution in [2.24, 2.45) is 5.73 Å². The van der Waals surface area contributed by atoms with Crippen molar-refractivity contribution in [1.29, 1.82) is 0 Å². The van der Waals surface area contributed by atoms with E-state index in [0.717, 1.165) is 5.56 Å². The minimum Gasteiger partial charge on any atom is -0.322 e. The van der Waals surface area contributed by atoms with Gasteiger partial charge in [0.05, 0.1) is 10.0 Å². The molecule has 0 saturated heterocycles. The number of halogens is 2. The molecule has 0 unspecified atom stereocenters. The Labute approximate surface area is 69.7 Å². The summed E-state index contributed by atoms with van der Waals surface area (Å²) in [6.07, 6.45) is 0. The molecule has 10 heavy (non-hydrogen) atoms. The van der Waals surface area contributed by atoms with Crippen LogP contribution in [0.15, 0.2) is 18.2 Å². The minimum absolute atomic E-state index is 0.529. The zero-order valence-electron chi connectivity index (χ0n) is 5.14. The molecule has 2 N–H and O–H groups in total. The van der Waals surface area contributed by atoms with Crippen LogP contribution in [-0.4, -0.2) is 0 Å². The highest BCUT2D eigenvalue weighted by molar-refractivity contribution is 6.42. The summed E-state index contributed by atoms with van der Waals surface area (Å²) in [5.74, 6) is 0. The van der Waals surface area contributed by atoms with Crippen molar-refractivity contribution in [3.8, 4) is 0 Å². The molecule has 0 spiro atoms. The maximum atomic E-state index is 5.69. The van der Waals surface area contributed by atoms with Gasteiger partial charge in [-0.15, -0.1) is 0 Å². The van der Waals surface area contributed by atoms with E-state index in [2.05, 4.69) is 0 Å². The Morgan fingerprint density at radius 2 is 1.90 bits per heavy atom. The van der Waals surface area contributed by atoms with Crippen LogP contribution in [0.3, 0.4) is 0 Å². The van der Waals surface area contributed by atoms with E-state index >= 15 is 0 Å². The normalized spacial score (nSPS) is 9.90. The first kappa shape index (κ1) is 7.86. The molecule has 0 fully saturated rings. The summed E-state index contributed by atoms with van der Waals surface area (Å²) in [6.45, 7) is 1.47. The third-order valence-electron chi connectivity index (χ3n) is 1.14. The lowest BCUT2D eigenvalue weighted by Gasteiger charge is -1.97. The molecule has 1 nitrogen and oxygen atoms in total. The Morgan fingerprint density at radius 1 is 1.20 bits per heavy atom. The molecule has 1 rings (SSSR count). The van der Waals surface area contributed by atoms with Crippen molar-refractivity contribution >= 4 is 23.2 Å². The van der Waals surface area contributed by atoms with Gasteiger partial charge in [-0.05, 0) is 17.7 Å². The van der Waals surface area contributed by atoms with Gasteiger partial charge in [-0.2, -0.15) is 0 Å². The van der Waals surface area contributed by atoms with Gasteiger partial charge in [-0.25, -0.2) is 0 Å². The van der Waals surface area contributed by atoms with Gasteiger partial charge in [-0.3, -0.25) is 0 Å². The predicted molar refractivity (Wildman–Crippen MR) is 44.1 cm³/mol. The second kappa shape index (κ2) is 3.24. The van der Waals surface area contributed by atoms with Gasteiger partial charge >= 0.3 is 0 Å². The molecule has 1 aromatic carbocycles. The molecule has 0 bridgehead atoms. The van der Waals surface area contributed by atoms with E-state index < -0.39 is 0 Å². The summed E-state index contributed by atoms with van der Waals surface area (Å²) in [7, 11) is 0. The molecular weight excluding hydrogens is 169 g/mol. The van der Waals surface area contributed by atoms with E-state index in [9.17, 15) is 0 Å². The highest BCUT2D eigenvalue weighted by atomic mass is 35.5. The lowest BCUT2D eigenvalue weighted by atomic mass is 10.2. The average molecular weight is 175 g/mol. The topological polar surface area (TPSA) is 26.0 Å². The van der Waals surface area contributed by atoms with Gasteiger partial charge in [0.15, 0.2) is 0 Å². The van der Waals surface area contributed by atoms with Crippen LogP contribution in [0.2, 0.25) is 10.0 Å². The highest BCUT2D eigenvalue weighted by Crippen LogP contribution is 2.22. The van der Waals surface area contributed by atoms with Gasteiger partial charge in [0.1, 0.15) is 0 Å². The fourth-order valence-electron chi connectivity index (χ4n) is 0.616. The van der Waals surface area contributed by atoms with E-state index in [4.69, 9.17) is 28.9 Å². The summed E-state index contributed by atoms with van der Waals surface area (Å²) < 4.78 is 0. The number of benzene rings is 1. The van der Waals surface area contributed by atoms with Crippen LogP contribution in [0.5, 0.6) is 0 Å². The fourth-order valence-corrected chi connectivity index (χ4v) is 0.923. The number of hydrogen-bond donors (Lipinski definition) is 1. The van der Waals surface area contributed by atoms with E-state index in [1.165, 1.54) is 6.54 Å². The maximum Gasteiger partial charge on any atom is 0.0595 e. The Balaban J connectivity index is 3.04. The molecular formula is C7H6Cl2N. The van der Waals surface area contributed by atoms with Gasteiger partial charge in [0.2, 0.25) is 0 Å². The Bertz CT molecular complexity index is 235. The van der Waals surface area contributed by atoms with E-state index in [1.54, 1.807) is 18.2 Å². The standard InChI is InChI=1S/C7H6Cl2N/c8-6-2-1-5(4-10)3-7(6)9/h1-4H,10H2.